The van der Waals surface area contributed by atoms with Crippen molar-refractivity contribution < 1.29 is 31.9 Å². The number of benzene rings is 1. The van der Waals surface area contributed by atoms with Crippen LogP contribution < -0.4 is 5.32 Å². The van der Waals surface area contributed by atoms with E-state index in [1.54, 1.807) is 13.8 Å². The van der Waals surface area contributed by atoms with Crippen molar-refractivity contribution >= 4 is 16.9 Å². The van der Waals surface area contributed by atoms with Gasteiger partial charge in [0.05, 0.1) is 35.3 Å². The summed E-state index contributed by atoms with van der Waals surface area (Å²) in [6.07, 6.45) is -8.02. The number of hydrogen-bond donors (Lipinski definition) is 2. The summed E-state index contributed by atoms with van der Waals surface area (Å²) in [5, 5.41) is 13.4. The molecular weight excluding hydrogens is 423 g/mol. The number of hydrogen-bond acceptors (Lipinski definition) is 4. The SMILES string of the molecule is CC(C)(O)Cn1c(CN2CCNC(C)(C)C2=O)nc2c(C(F)(F)F)cc(C(F)F)cc21. The number of nitrogens with one attached hydrogen (secondary N) is 1. The van der Waals surface area contributed by atoms with Crippen LogP contribution in [0.1, 0.15) is 51.1 Å². The largest absolute Gasteiger partial charge is 0.418 e. The molecule has 3 rings (SSSR count). The smallest absolute Gasteiger partial charge is 0.389 e. The Kier molecular flexibility index (Phi) is 5.81. The average Bonchev–Trinajstić information content (AvgIpc) is 2.93. The number of aliphatic hydroxyl groups is 1. The second-order valence-corrected chi connectivity index (χ2v) is 8.94. The number of fused-ring (bicyclic) bond motifs is 1. The van der Waals surface area contributed by atoms with Crippen molar-refractivity contribution in [2.24, 2.45) is 0 Å². The highest BCUT2D eigenvalue weighted by molar-refractivity contribution is 5.86. The van der Waals surface area contributed by atoms with Crippen molar-refractivity contribution in [3.05, 3.63) is 29.1 Å². The number of piperazine rings is 1. The van der Waals surface area contributed by atoms with Gasteiger partial charge in [-0.1, -0.05) is 0 Å². The molecule has 0 bridgehead atoms. The van der Waals surface area contributed by atoms with Crippen molar-refractivity contribution in [2.45, 2.75) is 64.5 Å². The minimum absolute atomic E-state index is 0.0834. The van der Waals surface area contributed by atoms with Crippen LogP contribution in [0.3, 0.4) is 0 Å². The number of imidazole rings is 1. The Morgan fingerprint density at radius 1 is 1.26 bits per heavy atom. The first-order valence-electron chi connectivity index (χ1n) is 9.75. The third-order valence-corrected chi connectivity index (χ3v) is 5.16. The molecule has 0 saturated carbocycles. The molecule has 11 heteroatoms. The Balaban J connectivity index is 2.20. The predicted molar refractivity (Wildman–Crippen MR) is 103 cm³/mol. The Hall–Kier alpha value is -2.27. The third-order valence-electron chi connectivity index (χ3n) is 5.16. The molecule has 2 N–H and O–H groups in total. The van der Waals surface area contributed by atoms with Gasteiger partial charge < -0.3 is 19.9 Å². The summed E-state index contributed by atoms with van der Waals surface area (Å²) >= 11 is 0. The topological polar surface area (TPSA) is 70.4 Å². The Morgan fingerprint density at radius 2 is 1.90 bits per heavy atom. The summed E-state index contributed by atoms with van der Waals surface area (Å²) in [6.45, 7) is 6.77. The fraction of sp³-hybridized carbons (Fsp3) is 0.600. The van der Waals surface area contributed by atoms with Gasteiger partial charge in [0.25, 0.3) is 6.43 Å². The van der Waals surface area contributed by atoms with Crippen LogP contribution in [0.25, 0.3) is 11.0 Å². The maximum Gasteiger partial charge on any atom is 0.418 e. The maximum absolute atomic E-state index is 13.6. The Bertz CT molecular complexity index is 992. The van der Waals surface area contributed by atoms with Gasteiger partial charge >= 0.3 is 6.18 Å². The number of aromatic nitrogens is 2. The van der Waals surface area contributed by atoms with Gasteiger partial charge in [0.2, 0.25) is 5.91 Å². The van der Waals surface area contributed by atoms with E-state index in [0.717, 1.165) is 6.07 Å². The van der Waals surface area contributed by atoms with Gasteiger partial charge in [-0.05, 0) is 39.8 Å². The highest BCUT2D eigenvalue weighted by Gasteiger charge is 2.38. The first-order chi connectivity index (χ1) is 14.1. The molecular formula is C20H25F5N4O2. The Morgan fingerprint density at radius 3 is 2.45 bits per heavy atom. The van der Waals surface area contributed by atoms with Gasteiger partial charge in [-0.2, -0.15) is 13.2 Å². The van der Waals surface area contributed by atoms with Gasteiger partial charge in [-0.25, -0.2) is 13.8 Å². The first kappa shape index (κ1) is 23.4. The molecule has 31 heavy (non-hydrogen) atoms. The van der Waals surface area contributed by atoms with Gasteiger partial charge in [-0.3, -0.25) is 4.79 Å². The molecule has 2 aromatic rings. The monoisotopic (exact) mass is 448 g/mol. The number of rotatable bonds is 5. The van der Waals surface area contributed by atoms with E-state index in [9.17, 15) is 31.9 Å². The van der Waals surface area contributed by atoms with Crippen LogP contribution >= 0.6 is 0 Å². The lowest BCUT2D eigenvalue weighted by Gasteiger charge is -2.38. The summed E-state index contributed by atoms with van der Waals surface area (Å²) < 4.78 is 68.9. The average molecular weight is 448 g/mol. The van der Waals surface area contributed by atoms with Crippen molar-refractivity contribution in [3.8, 4) is 0 Å². The van der Waals surface area contributed by atoms with Crippen molar-refractivity contribution in [3.63, 3.8) is 0 Å². The van der Waals surface area contributed by atoms with Crippen LogP contribution in [-0.4, -0.2) is 49.7 Å². The molecule has 0 aliphatic carbocycles. The fourth-order valence-corrected chi connectivity index (χ4v) is 3.72. The van der Waals surface area contributed by atoms with Crippen LogP contribution in [0.15, 0.2) is 12.1 Å². The van der Waals surface area contributed by atoms with E-state index in [2.05, 4.69) is 10.3 Å². The number of carbonyl (C=O) groups excluding carboxylic acids is 1. The van der Waals surface area contributed by atoms with E-state index in [0.29, 0.717) is 19.2 Å². The molecule has 0 unspecified atom stereocenters. The Labute approximate surface area is 176 Å². The predicted octanol–water partition coefficient (Wildman–Crippen LogP) is 3.47. The molecule has 172 valence electrons. The number of halogens is 5. The molecule has 6 nitrogen and oxygen atoms in total. The maximum atomic E-state index is 13.6. The lowest BCUT2D eigenvalue weighted by atomic mass is 10.0. The lowest BCUT2D eigenvalue weighted by Crippen LogP contribution is -2.60. The molecule has 0 spiro atoms. The van der Waals surface area contributed by atoms with Gasteiger partial charge in [0.15, 0.2) is 0 Å². The highest BCUT2D eigenvalue weighted by atomic mass is 19.4. The van der Waals surface area contributed by atoms with Crippen molar-refractivity contribution in [2.75, 3.05) is 13.1 Å². The second kappa shape index (κ2) is 7.70. The van der Waals surface area contributed by atoms with Gasteiger partial charge in [0.1, 0.15) is 11.3 Å². The third kappa shape index (κ3) is 4.82. The van der Waals surface area contributed by atoms with E-state index in [1.807, 2.05) is 0 Å². The number of nitrogens with zero attached hydrogens (tertiary/aromatic N) is 3. The number of alkyl halides is 5. The number of amides is 1. The minimum Gasteiger partial charge on any atom is -0.389 e. The van der Waals surface area contributed by atoms with Gasteiger partial charge in [0, 0.05) is 18.7 Å². The highest BCUT2D eigenvalue weighted by Crippen LogP contribution is 2.38. The zero-order valence-corrected chi connectivity index (χ0v) is 17.6. The van der Waals surface area contributed by atoms with Gasteiger partial charge in [-0.15, -0.1) is 0 Å². The quantitative estimate of drug-likeness (QED) is 0.688. The zero-order chi connectivity index (χ0) is 23.4. The molecule has 1 aromatic heterocycles. The van der Waals surface area contributed by atoms with E-state index in [4.69, 9.17) is 0 Å². The van der Waals surface area contributed by atoms with Crippen LogP contribution in [0.2, 0.25) is 0 Å². The molecule has 1 aromatic carbocycles. The standard InChI is InChI=1S/C20H25F5N4O2/c1-18(2,31)10-29-13-8-11(16(21)22)7-12(20(23,24)25)15(13)27-14(29)9-28-6-5-26-19(3,4)17(28)30/h7-8,16,26,31H,5-6,9-10H2,1-4H3. The molecule has 1 aliphatic heterocycles. The number of carbonyl (C=O) groups is 1. The molecule has 2 heterocycles. The first-order valence-corrected chi connectivity index (χ1v) is 9.75. The van der Waals surface area contributed by atoms with Crippen molar-refractivity contribution in [1.82, 2.24) is 19.8 Å². The molecule has 0 radical (unpaired) electrons. The minimum atomic E-state index is -4.90. The van der Waals surface area contributed by atoms with Crippen molar-refractivity contribution in [1.29, 1.82) is 0 Å². The zero-order valence-electron chi connectivity index (χ0n) is 17.6. The molecule has 1 saturated heterocycles. The second-order valence-electron chi connectivity index (χ2n) is 8.94. The fourth-order valence-electron chi connectivity index (χ4n) is 3.72. The summed E-state index contributed by atoms with van der Waals surface area (Å²) in [5.41, 5.74) is -4.94. The lowest BCUT2D eigenvalue weighted by molar-refractivity contribution is -0.140. The van der Waals surface area contributed by atoms with E-state index in [1.165, 1.54) is 23.3 Å². The summed E-state index contributed by atoms with van der Waals surface area (Å²) in [7, 11) is 0. The molecule has 0 atom stereocenters. The molecule has 1 amide bonds. The summed E-state index contributed by atoms with van der Waals surface area (Å²) in [5.74, 6) is -0.176. The summed E-state index contributed by atoms with van der Waals surface area (Å²) in [6, 6.07) is 1.36. The normalized spacial score (nSPS) is 17.8. The summed E-state index contributed by atoms with van der Waals surface area (Å²) in [4.78, 5) is 18.3. The van der Waals surface area contributed by atoms with Crippen LogP contribution in [0, 0.1) is 0 Å². The van der Waals surface area contributed by atoms with Crippen LogP contribution in [-0.2, 0) is 24.1 Å². The molecule has 1 aliphatic rings. The van der Waals surface area contributed by atoms with Crippen LogP contribution in [0.5, 0.6) is 0 Å². The van der Waals surface area contributed by atoms with E-state index < -0.39 is 40.4 Å². The van der Waals surface area contributed by atoms with E-state index >= 15 is 0 Å². The van der Waals surface area contributed by atoms with E-state index in [-0.39, 0.29) is 30.3 Å². The van der Waals surface area contributed by atoms with Crippen LogP contribution in [0.4, 0.5) is 22.0 Å². The molecule has 1 fully saturated rings.